The fraction of sp³-hybridized carbons (Fsp3) is 0.529. The van der Waals surface area contributed by atoms with E-state index in [1.54, 1.807) is 11.0 Å². The van der Waals surface area contributed by atoms with Gasteiger partial charge >= 0.3 is 0 Å². The Labute approximate surface area is 147 Å². The van der Waals surface area contributed by atoms with Gasteiger partial charge in [0.1, 0.15) is 5.82 Å². The maximum atomic E-state index is 13.2. The van der Waals surface area contributed by atoms with Crippen LogP contribution in [-0.4, -0.2) is 53.8 Å². The van der Waals surface area contributed by atoms with E-state index < -0.39 is 5.82 Å². The van der Waals surface area contributed by atoms with Gasteiger partial charge in [0.2, 0.25) is 5.91 Å². The molecule has 0 bridgehead atoms. The Kier molecular flexibility index (Phi) is 6.18. The van der Waals surface area contributed by atoms with Crippen molar-refractivity contribution in [1.82, 2.24) is 9.80 Å². The summed E-state index contributed by atoms with van der Waals surface area (Å²) < 4.78 is 13.2. The van der Waals surface area contributed by atoms with Gasteiger partial charge in [-0.2, -0.15) is 0 Å². The maximum absolute atomic E-state index is 13.2. The van der Waals surface area contributed by atoms with Crippen molar-refractivity contribution in [2.24, 2.45) is 11.7 Å². The Morgan fingerprint density at radius 1 is 1.08 bits per heavy atom. The third-order valence-electron chi connectivity index (χ3n) is 4.77. The molecule has 1 saturated heterocycles. The Hall–Kier alpha value is -1.66. The molecule has 0 spiro atoms. The minimum atomic E-state index is -0.415. The minimum absolute atomic E-state index is 0. The molecule has 0 radical (unpaired) electrons. The van der Waals surface area contributed by atoms with E-state index in [1.165, 1.54) is 18.2 Å². The van der Waals surface area contributed by atoms with Gasteiger partial charge in [-0.1, -0.05) is 6.07 Å². The second kappa shape index (κ2) is 7.94. The van der Waals surface area contributed by atoms with Crippen LogP contribution in [0.3, 0.4) is 0 Å². The molecule has 7 heteroatoms. The average Bonchev–Trinajstić information content (AvgIpc) is 3.00. The molecule has 1 aliphatic heterocycles. The topological polar surface area (TPSA) is 66.6 Å². The summed E-state index contributed by atoms with van der Waals surface area (Å²) in [5.41, 5.74) is 6.23. The standard InChI is InChI=1S/C17H22FN3O2.ClH/c18-14-3-1-2-12(10-14)16(22)20-6-8-21(9-7-20)17(23)13-4-5-15(19)11-13;/h1-3,10,13,15H,4-9,11,19H2;1H. The zero-order chi connectivity index (χ0) is 16.4. The first-order valence-corrected chi connectivity index (χ1v) is 8.14. The molecule has 2 atom stereocenters. The van der Waals surface area contributed by atoms with Crippen LogP contribution in [0.5, 0.6) is 0 Å². The van der Waals surface area contributed by atoms with Gasteiger partial charge in [-0.25, -0.2) is 4.39 Å². The number of hydrogen-bond acceptors (Lipinski definition) is 3. The monoisotopic (exact) mass is 355 g/mol. The number of benzene rings is 1. The van der Waals surface area contributed by atoms with Gasteiger partial charge in [0.15, 0.2) is 0 Å². The first-order chi connectivity index (χ1) is 11.0. The van der Waals surface area contributed by atoms with Crippen molar-refractivity contribution >= 4 is 24.2 Å². The molecule has 5 nitrogen and oxygen atoms in total. The van der Waals surface area contributed by atoms with Crippen LogP contribution in [0.25, 0.3) is 0 Å². The summed E-state index contributed by atoms with van der Waals surface area (Å²) in [5, 5.41) is 0. The smallest absolute Gasteiger partial charge is 0.254 e. The zero-order valence-corrected chi connectivity index (χ0v) is 14.3. The number of hydrogen-bond donors (Lipinski definition) is 1. The molecule has 2 aliphatic rings. The molecule has 1 heterocycles. The number of piperazine rings is 1. The molecular formula is C17H23ClFN3O2. The highest BCUT2D eigenvalue weighted by Gasteiger charge is 2.33. The van der Waals surface area contributed by atoms with Gasteiger partial charge < -0.3 is 15.5 Å². The van der Waals surface area contributed by atoms with Gasteiger partial charge in [-0.05, 0) is 37.5 Å². The Morgan fingerprint density at radius 2 is 1.75 bits per heavy atom. The number of nitrogens with two attached hydrogens (primary N) is 1. The summed E-state index contributed by atoms with van der Waals surface area (Å²) in [5.74, 6) is -0.395. The Morgan fingerprint density at radius 3 is 2.33 bits per heavy atom. The molecule has 1 aliphatic carbocycles. The van der Waals surface area contributed by atoms with E-state index in [0.717, 1.165) is 19.3 Å². The highest BCUT2D eigenvalue weighted by Crippen LogP contribution is 2.26. The fourth-order valence-corrected chi connectivity index (χ4v) is 3.43. The second-order valence-electron chi connectivity index (χ2n) is 6.40. The van der Waals surface area contributed by atoms with E-state index in [0.29, 0.717) is 31.7 Å². The first-order valence-electron chi connectivity index (χ1n) is 8.14. The van der Waals surface area contributed by atoms with Crippen molar-refractivity contribution in [3.8, 4) is 0 Å². The minimum Gasteiger partial charge on any atom is -0.339 e. The molecule has 2 N–H and O–H groups in total. The SMILES string of the molecule is Cl.NC1CCC(C(=O)N2CCN(C(=O)c3cccc(F)c3)CC2)C1. The number of amides is 2. The van der Waals surface area contributed by atoms with Crippen LogP contribution in [0.1, 0.15) is 29.6 Å². The van der Waals surface area contributed by atoms with E-state index in [2.05, 4.69) is 0 Å². The number of rotatable bonds is 2. The number of halogens is 2. The molecule has 2 unspecified atom stereocenters. The summed E-state index contributed by atoms with van der Waals surface area (Å²) in [4.78, 5) is 28.3. The van der Waals surface area contributed by atoms with Crippen LogP contribution >= 0.6 is 12.4 Å². The van der Waals surface area contributed by atoms with Crippen molar-refractivity contribution in [3.05, 3.63) is 35.6 Å². The number of nitrogens with zero attached hydrogens (tertiary/aromatic N) is 2. The van der Waals surface area contributed by atoms with Gasteiger partial charge in [0, 0.05) is 43.7 Å². The molecule has 24 heavy (non-hydrogen) atoms. The predicted molar refractivity (Wildman–Crippen MR) is 91.4 cm³/mol. The van der Waals surface area contributed by atoms with Gasteiger partial charge in [0.25, 0.3) is 5.91 Å². The molecule has 2 amide bonds. The van der Waals surface area contributed by atoms with E-state index in [-0.39, 0.29) is 36.2 Å². The Balaban J connectivity index is 0.00000208. The molecule has 1 saturated carbocycles. The summed E-state index contributed by atoms with van der Waals surface area (Å²) in [7, 11) is 0. The normalized spacial score (nSPS) is 23.8. The van der Waals surface area contributed by atoms with Gasteiger partial charge in [-0.15, -0.1) is 12.4 Å². The maximum Gasteiger partial charge on any atom is 0.254 e. The van der Waals surface area contributed by atoms with Crippen LogP contribution in [0.2, 0.25) is 0 Å². The molecule has 2 fully saturated rings. The van der Waals surface area contributed by atoms with Crippen molar-refractivity contribution in [2.45, 2.75) is 25.3 Å². The van der Waals surface area contributed by atoms with Gasteiger partial charge in [-0.3, -0.25) is 9.59 Å². The summed E-state index contributed by atoms with van der Waals surface area (Å²) in [6.45, 7) is 2.04. The van der Waals surface area contributed by atoms with Crippen LogP contribution in [0, 0.1) is 11.7 Å². The predicted octanol–water partition coefficient (Wildman–Crippen LogP) is 1.66. The fourth-order valence-electron chi connectivity index (χ4n) is 3.43. The Bertz CT molecular complexity index is 605. The quantitative estimate of drug-likeness (QED) is 0.877. The molecule has 3 rings (SSSR count). The van der Waals surface area contributed by atoms with Crippen molar-refractivity contribution in [2.75, 3.05) is 26.2 Å². The third kappa shape index (κ3) is 4.05. The molecule has 0 aromatic heterocycles. The largest absolute Gasteiger partial charge is 0.339 e. The lowest BCUT2D eigenvalue weighted by molar-refractivity contribution is -0.136. The highest BCUT2D eigenvalue weighted by molar-refractivity contribution is 5.94. The molecular weight excluding hydrogens is 333 g/mol. The lowest BCUT2D eigenvalue weighted by Gasteiger charge is -2.36. The lowest BCUT2D eigenvalue weighted by Crippen LogP contribution is -2.51. The highest BCUT2D eigenvalue weighted by atomic mass is 35.5. The number of carbonyl (C=O) groups excluding carboxylic acids is 2. The van der Waals surface area contributed by atoms with Crippen molar-refractivity contribution < 1.29 is 14.0 Å². The number of carbonyl (C=O) groups is 2. The molecule has 132 valence electrons. The van der Waals surface area contributed by atoms with E-state index in [1.807, 2.05) is 4.90 Å². The van der Waals surface area contributed by atoms with Crippen molar-refractivity contribution in [1.29, 1.82) is 0 Å². The summed E-state index contributed by atoms with van der Waals surface area (Å²) in [6.07, 6.45) is 2.54. The summed E-state index contributed by atoms with van der Waals surface area (Å²) >= 11 is 0. The third-order valence-corrected chi connectivity index (χ3v) is 4.77. The first kappa shape index (κ1) is 18.7. The van der Waals surface area contributed by atoms with Crippen molar-refractivity contribution in [3.63, 3.8) is 0 Å². The van der Waals surface area contributed by atoms with Crippen LogP contribution in [-0.2, 0) is 4.79 Å². The van der Waals surface area contributed by atoms with E-state index >= 15 is 0 Å². The van der Waals surface area contributed by atoms with Crippen LogP contribution < -0.4 is 5.73 Å². The zero-order valence-electron chi connectivity index (χ0n) is 13.5. The molecule has 1 aromatic rings. The van der Waals surface area contributed by atoms with E-state index in [9.17, 15) is 14.0 Å². The average molecular weight is 356 g/mol. The van der Waals surface area contributed by atoms with Gasteiger partial charge in [0.05, 0.1) is 0 Å². The summed E-state index contributed by atoms with van der Waals surface area (Å²) in [6, 6.07) is 5.85. The van der Waals surface area contributed by atoms with Crippen LogP contribution in [0.15, 0.2) is 24.3 Å². The van der Waals surface area contributed by atoms with E-state index in [4.69, 9.17) is 5.73 Å². The molecule has 1 aromatic carbocycles. The second-order valence-corrected chi connectivity index (χ2v) is 6.40. The lowest BCUT2D eigenvalue weighted by atomic mass is 10.1. The van der Waals surface area contributed by atoms with Crippen LogP contribution in [0.4, 0.5) is 4.39 Å².